The van der Waals surface area contributed by atoms with Crippen LogP contribution in [0.5, 0.6) is 5.75 Å². The van der Waals surface area contributed by atoms with Crippen molar-refractivity contribution < 1.29 is 52.0 Å². The number of aliphatic hydroxyl groups is 1. The van der Waals surface area contributed by atoms with Gasteiger partial charge in [-0.2, -0.15) is 4.20 Å². The highest BCUT2D eigenvalue weighted by Crippen LogP contribution is 2.47. The summed E-state index contributed by atoms with van der Waals surface area (Å²) in [5.41, 5.74) is 0.468. The number of unbranched alkanes of at least 4 members (excludes halogenated alkanes) is 1. The predicted octanol–water partition coefficient (Wildman–Crippen LogP) is 3.66. The van der Waals surface area contributed by atoms with Gasteiger partial charge in [0.2, 0.25) is 1.43 Å². The predicted molar refractivity (Wildman–Crippen MR) is 122 cm³/mol. The summed E-state index contributed by atoms with van der Waals surface area (Å²) in [5, 5.41) is 4.33. The third-order valence-corrected chi connectivity index (χ3v) is 4.79. The molecule has 0 spiro atoms. The zero-order valence-corrected chi connectivity index (χ0v) is 20.9. The van der Waals surface area contributed by atoms with E-state index in [-0.39, 0.29) is 19.4 Å². The fraction of sp³-hybridized carbons (Fsp3) is 0.524. The van der Waals surface area contributed by atoms with E-state index < -0.39 is 44.4 Å². The maximum Gasteiger partial charge on any atom is 0.311 e. The van der Waals surface area contributed by atoms with E-state index in [0.717, 1.165) is 0 Å². The molecule has 1 aromatic rings. The molecule has 10 nitrogen and oxygen atoms in total. The van der Waals surface area contributed by atoms with Crippen LogP contribution in [0.2, 0.25) is 0 Å². The standard InChI is InChI=1S/C21H29FO10P2/c1-14(24)29-21(30-15(2)25)16-6-8-17(9-7-16)28-12-4-3-5-18(13-23)31-19(26)10-11-20(27)32-34(22)33/h6-9,18,21,23H,3-5,10-13,33H2,1-2H3/i23D. The summed E-state index contributed by atoms with van der Waals surface area (Å²) in [6, 6.07) is 6.50. The molecule has 34 heavy (non-hydrogen) atoms. The van der Waals surface area contributed by atoms with Crippen LogP contribution in [-0.4, -0.2) is 49.7 Å². The Morgan fingerprint density at radius 1 is 1.03 bits per heavy atom. The number of aliphatic hydroxyl groups excluding tert-OH is 1. The van der Waals surface area contributed by atoms with Gasteiger partial charge < -0.3 is 28.6 Å². The Labute approximate surface area is 202 Å². The Bertz CT molecular complexity index is 809. The molecule has 0 bridgehead atoms. The number of esters is 3. The fourth-order valence-electron chi connectivity index (χ4n) is 2.62. The summed E-state index contributed by atoms with van der Waals surface area (Å²) < 4.78 is 44.7. The first kappa shape index (κ1) is 27.9. The first-order valence-electron chi connectivity index (χ1n) is 10.8. The van der Waals surface area contributed by atoms with Gasteiger partial charge >= 0.3 is 23.9 Å². The summed E-state index contributed by atoms with van der Waals surface area (Å²) in [4.78, 5) is 45.6. The average molecular weight is 523 g/mol. The average Bonchev–Trinajstić information content (AvgIpc) is 2.76. The van der Waals surface area contributed by atoms with Crippen molar-refractivity contribution in [2.24, 2.45) is 0 Å². The third-order valence-electron chi connectivity index (χ3n) is 4.09. The van der Waals surface area contributed by atoms with Crippen molar-refractivity contribution >= 4 is 41.0 Å². The monoisotopic (exact) mass is 523 g/mol. The van der Waals surface area contributed by atoms with Crippen molar-refractivity contribution in [3.63, 3.8) is 0 Å². The SMILES string of the molecule is [2H]OCC(CCCCOc1ccc(C(OC(C)=O)OC(C)=O)cc1)OC(=O)CCC(=O)OP(F)P. The van der Waals surface area contributed by atoms with Crippen LogP contribution in [0.4, 0.5) is 4.20 Å². The molecule has 0 aliphatic carbocycles. The van der Waals surface area contributed by atoms with Crippen molar-refractivity contribution in [2.75, 3.05) is 13.2 Å². The summed E-state index contributed by atoms with van der Waals surface area (Å²) in [7, 11) is -0.683. The molecule has 3 unspecified atom stereocenters. The highest BCUT2D eigenvalue weighted by molar-refractivity contribution is 8.08. The molecule has 0 aromatic heterocycles. The van der Waals surface area contributed by atoms with Gasteiger partial charge in [-0.25, -0.2) is 0 Å². The minimum Gasteiger partial charge on any atom is -0.494 e. The first-order valence-corrected chi connectivity index (χ1v) is 13.1. The van der Waals surface area contributed by atoms with Crippen molar-refractivity contribution in [1.82, 2.24) is 0 Å². The first-order chi connectivity index (χ1) is 16.6. The molecule has 190 valence electrons. The number of benzene rings is 1. The molecular formula is C21H29FO10P2. The normalized spacial score (nSPS) is 12.8. The Morgan fingerprint density at radius 3 is 2.21 bits per heavy atom. The van der Waals surface area contributed by atoms with Gasteiger partial charge in [-0.05, 0) is 52.5 Å². The van der Waals surface area contributed by atoms with E-state index in [9.17, 15) is 23.4 Å². The molecule has 0 aliphatic heterocycles. The number of hydrogen-bond acceptors (Lipinski definition) is 10. The number of carbonyl (C=O) groups excluding carboxylic acids is 4. The van der Waals surface area contributed by atoms with Gasteiger partial charge in [-0.15, -0.1) is 0 Å². The lowest BCUT2D eigenvalue weighted by molar-refractivity contribution is -0.186. The zero-order valence-electron chi connectivity index (χ0n) is 19.9. The maximum atomic E-state index is 12.6. The van der Waals surface area contributed by atoms with Crippen LogP contribution in [0, 0.1) is 0 Å². The van der Waals surface area contributed by atoms with Crippen LogP contribution in [0.1, 0.15) is 57.8 Å². The maximum absolute atomic E-state index is 12.6. The molecule has 0 aliphatic rings. The Morgan fingerprint density at radius 2 is 1.65 bits per heavy atom. The number of ether oxygens (including phenoxy) is 4. The topological polar surface area (TPSA) is 135 Å². The van der Waals surface area contributed by atoms with E-state index in [1.54, 1.807) is 33.2 Å². The molecule has 0 radical (unpaired) electrons. The van der Waals surface area contributed by atoms with E-state index in [4.69, 9.17) is 20.4 Å². The molecule has 0 fully saturated rings. The number of halogens is 1. The van der Waals surface area contributed by atoms with Crippen LogP contribution in [0.3, 0.4) is 0 Å². The van der Waals surface area contributed by atoms with Gasteiger partial charge in [-0.1, -0.05) is 0 Å². The number of carbonyl (C=O) groups is 4. The molecule has 3 atom stereocenters. The molecule has 0 saturated heterocycles. The second-order valence-electron chi connectivity index (χ2n) is 6.98. The van der Waals surface area contributed by atoms with Gasteiger partial charge in [0, 0.05) is 19.4 Å². The lowest BCUT2D eigenvalue weighted by atomic mass is 10.1. The fourth-order valence-corrected chi connectivity index (χ4v) is 3.25. The quantitative estimate of drug-likeness (QED) is 0.148. The van der Waals surface area contributed by atoms with Crippen LogP contribution < -0.4 is 4.74 Å². The van der Waals surface area contributed by atoms with E-state index in [0.29, 0.717) is 37.2 Å². The third kappa shape index (κ3) is 13.4. The van der Waals surface area contributed by atoms with Crippen molar-refractivity contribution in [1.29, 1.82) is 1.43 Å². The molecule has 0 heterocycles. The van der Waals surface area contributed by atoms with Gasteiger partial charge in [-0.3, -0.25) is 19.2 Å². The Kier molecular flexibility index (Phi) is 13.4. The molecule has 1 N–H and O–H groups in total. The molecule has 13 heteroatoms. The molecule has 0 amide bonds. The highest BCUT2D eigenvalue weighted by Gasteiger charge is 2.18. The molecular weight excluding hydrogens is 493 g/mol. The van der Waals surface area contributed by atoms with Crippen molar-refractivity contribution in [3.05, 3.63) is 29.8 Å². The lowest BCUT2D eigenvalue weighted by Gasteiger charge is -2.17. The second-order valence-corrected chi connectivity index (χ2v) is 8.92. The van der Waals surface area contributed by atoms with Gasteiger partial charge in [0.1, 0.15) is 11.9 Å². The smallest absolute Gasteiger partial charge is 0.311 e. The van der Waals surface area contributed by atoms with Gasteiger partial charge in [0.25, 0.3) is 14.4 Å². The minimum absolute atomic E-state index is 0.133. The van der Waals surface area contributed by atoms with E-state index >= 15 is 0 Å². The van der Waals surface area contributed by atoms with Crippen LogP contribution in [0.25, 0.3) is 0 Å². The molecule has 0 saturated carbocycles. The van der Waals surface area contributed by atoms with Crippen molar-refractivity contribution in [2.45, 2.75) is 58.3 Å². The van der Waals surface area contributed by atoms with Gasteiger partial charge in [0.05, 0.1) is 26.1 Å². The van der Waals surface area contributed by atoms with Crippen LogP contribution in [0.15, 0.2) is 24.3 Å². The van der Waals surface area contributed by atoms with Gasteiger partial charge in [0.15, 0.2) is 0 Å². The van der Waals surface area contributed by atoms with Crippen molar-refractivity contribution in [3.8, 4) is 5.75 Å². The Hall–Kier alpha value is -2.35. The van der Waals surface area contributed by atoms with Crippen LogP contribution >= 0.6 is 17.1 Å². The summed E-state index contributed by atoms with van der Waals surface area (Å²) >= 11 is 0. The largest absolute Gasteiger partial charge is 0.494 e. The molecule has 1 aromatic carbocycles. The highest BCUT2D eigenvalue weighted by atomic mass is 32.0. The lowest BCUT2D eigenvalue weighted by Crippen LogP contribution is -2.22. The molecule has 1 rings (SSSR count). The van der Waals surface area contributed by atoms with E-state index in [1.165, 1.54) is 13.8 Å². The Balaban J connectivity index is 2.40. The summed E-state index contributed by atoms with van der Waals surface area (Å²) in [6.45, 7) is 2.64. The summed E-state index contributed by atoms with van der Waals surface area (Å²) in [5.74, 6) is -2.15. The van der Waals surface area contributed by atoms with E-state index in [1.807, 2.05) is 0 Å². The summed E-state index contributed by atoms with van der Waals surface area (Å²) in [6.07, 6.45) is -0.772. The van der Waals surface area contributed by atoms with Crippen LogP contribution in [-0.2, 0) is 37.9 Å². The second kappa shape index (κ2) is 16.3. The van der Waals surface area contributed by atoms with E-state index in [2.05, 4.69) is 9.63 Å². The zero-order chi connectivity index (χ0) is 26.2. The number of rotatable bonds is 16. The minimum atomic E-state index is -2.41. The number of hydrogen-bond donors (Lipinski definition) is 1.